The van der Waals surface area contributed by atoms with Crippen molar-refractivity contribution in [2.75, 3.05) is 18.9 Å². The second kappa shape index (κ2) is 6.86. The molecule has 2 atom stereocenters. The lowest BCUT2D eigenvalue weighted by molar-refractivity contribution is 0.261. The van der Waals surface area contributed by atoms with Gasteiger partial charge in [0.05, 0.1) is 11.3 Å². The lowest BCUT2D eigenvalue weighted by atomic mass is 10.0. The highest BCUT2D eigenvalue weighted by atomic mass is 32.2. The average molecular weight is 291 g/mol. The van der Waals surface area contributed by atoms with Crippen molar-refractivity contribution in [1.29, 1.82) is 0 Å². The van der Waals surface area contributed by atoms with E-state index in [1.165, 1.54) is 37.0 Å². The van der Waals surface area contributed by atoms with Gasteiger partial charge in [-0.1, -0.05) is 38.0 Å². The van der Waals surface area contributed by atoms with Crippen molar-refractivity contribution < 1.29 is 4.74 Å². The quantitative estimate of drug-likeness (QED) is 0.885. The third-order valence-corrected chi connectivity index (χ3v) is 5.97. The Bertz CT molecular complexity index is 431. The third-order valence-electron chi connectivity index (χ3n) is 4.47. The summed E-state index contributed by atoms with van der Waals surface area (Å²) < 4.78 is 5.97. The molecular weight excluding hydrogens is 266 g/mol. The van der Waals surface area contributed by atoms with Gasteiger partial charge in [-0.15, -0.1) is 0 Å². The summed E-state index contributed by atoms with van der Waals surface area (Å²) in [7, 11) is 0. The molecule has 1 N–H and O–H groups in total. The van der Waals surface area contributed by atoms with Crippen molar-refractivity contribution in [2.24, 2.45) is 5.92 Å². The van der Waals surface area contributed by atoms with E-state index in [2.05, 4.69) is 48.3 Å². The van der Waals surface area contributed by atoms with Gasteiger partial charge in [0, 0.05) is 5.56 Å². The van der Waals surface area contributed by atoms with E-state index in [-0.39, 0.29) is 0 Å². The first-order valence-electron chi connectivity index (χ1n) is 7.95. The Hall–Kier alpha value is -0.670. The third kappa shape index (κ3) is 3.15. The van der Waals surface area contributed by atoms with Crippen molar-refractivity contribution in [3.8, 4) is 5.75 Å². The molecule has 2 aliphatic rings. The monoisotopic (exact) mass is 291 g/mol. The van der Waals surface area contributed by atoms with Crippen LogP contribution >= 0.6 is 11.8 Å². The summed E-state index contributed by atoms with van der Waals surface area (Å²) in [6.07, 6.45) is 5.74. The van der Waals surface area contributed by atoms with Gasteiger partial charge in [0.15, 0.2) is 0 Å². The molecule has 1 fully saturated rings. The zero-order chi connectivity index (χ0) is 13.8. The number of nitrogens with one attached hydrogen (secondary N) is 1. The van der Waals surface area contributed by atoms with Crippen molar-refractivity contribution in [3.63, 3.8) is 0 Å². The topological polar surface area (TPSA) is 21.3 Å². The first kappa shape index (κ1) is 14.3. The molecule has 0 amide bonds. The van der Waals surface area contributed by atoms with Crippen LogP contribution in [0, 0.1) is 5.92 Å². The first-order chi connectivity index (χ1) is 9.88. The number of hydrogen-bond donors (Lipinski definition) is 1. The Morgan fingerprint density at radius 2 is 2.05 bits per heavy atom. The van der Waals surface area contributed by atoms with Crippen LogP contribution in [0.5, 0.6) is 5.75 Å². The van der Waals surface area contributed by atoms with Gasteiger partial charge >= 0.3 is 0 Å². The number of ether oxygens (including phenoxy) is 1. The zero-order valence-electron chi connectivity index (χ0n) is 12.3. The van der Waals surface area contributed by atoms with Crippen LogP contribution in [-0.4, -0.2) is 24.2 Å². The van der Waals surface area contributed by atoms with E-state index in [4.69, 9.17) is 4.74 Å². The molecule has 0 bridgehead atoms. The molecule has 110 valence electrons. The molecule has 20 heavy (non-hydrogen) atoms. The predicted octanol–water partition coefficient (Wildman–Crippen LogP) is 4.02. The number of rotatable bonds is 5. The molecule has 3 heteroatoms. The second-order valence-corrected chi connectivity index (χ2v) is 7.18. The number of fused-ring (bicyclic) bond motifs is 1. The number of para-hydroxylation sites is 1. The number of benzene rings is 1. The fraction of sp³-hybridized carbons (Fsp3) is 0.647. The van der Waals surface area contributed by atoms with E-state index >= 15 is 0 Å². The van der Waals surface area contributed by atoms with Gasteiger partial charge in [0.25, 0.3) is 0 Å². The minimum atomic E-state index is 0.441. The van der Waals surface area contributed by atoms with Crippen molar-refractivity contribution in [1.82, 2.24) is 5.32 Å². The zero-order valence-corrected chi connectivity index (χ0v) is 13.1. The van der Waals surface area contributed by atoms with Crippen LogP contribution in [0.2, 0.25) is 0 Å². The smallest absolute Gasteiger partial charge is 0.124 e. The van der Waals surface area contributed by atoms with E-state index in [0.29, 0.717) is 11.3 Å². The largest absolute Gasteiger partial charge is 0.492 e. The minimum absolute atomic E-state index is 0.441. The van der Waals surface area contributed by atoms with Crippen LogP contribution in [-0.2, 0) is 0 Å². The summed E-state index contributed by atoms with van der Waals surface area (Å²) in [6.45, 7) is 4.04. The highest BCUT2D eigenvalue weighted by molar-refractivity contribution is 8.00. The van der Waals surface area contributed by atoms with E-state index in [1.807, 2.05) is 0 Å². The Labute approximate surface area is 126 Å². The maximum Gasteiger partial charge on any atom is 0.124 e. The highest BCUT2D eigenvalue weighted by Crippen LogP contribution is 2.39. The van der Waals surface area contributed by atoms with Gasteiger partial charge in [-0.25, -0.2) is 0 Å². The molecule has 2 nitrogen and oxygen atoms in total. The van der Waals surface area contributed by atoms with Crippen molar-refractivity contribution in [3.05, 3.63) is 29.8 Å². The standard InChI is InChI=1S/C17H25NOS/c1-2-18-17-14-9-5-6-10-15(14)19-11-16(17)20-12-13-7-3-4-8-13/h5-6,9-10,13,16-18H,2-4,7-8,11-12H2,1H3. The molecule has 0 aromatic heterocycles. The maximum absolute atomic E-state index is 5.97. The Morgan fingerprint density at radius 3 is 2.85 bits per heavy atom. The lowest BCUT2D eigenvalue weighted by Gasteiger charge is -2.34. The van der Waals surface area contributed by atoms with E-state index in [9.17, 15) is 0 Å². The van der Waals surface area contributed by atoms with E-state index < -0.39 is 0 Å². The van der Waals surface area contributed by atoms with Crippen molar-refractivity contribution in [2.45, 2.75) is 43.9 Å². The van der Waals surface area contributed by atoms with Crippen molar-refractivity contribution >= 4 is 11.8 Å². The second-order valence-electron chi connectivity index (χ2n) is 5.91. The number of thioether (sulfide) groups is 1. The molecule has 1 aliphatic heterocycles. The fourth-order valence-corrected chi connectivity index (χ4v) is 4.83. The van der Waals surface area contributed by atoms with Crippen LogP contribution in [0.3, 0.4) is 0 Å². The lowest BCUT2D eigenvalue weighted by Crippen LogP contribution is -2.38. The number of hydrogen-bond acceptors (Lipinski definition) is 3. The molecule has 2 unspecified atom stereocenters. The maximum atomic E-state index is 5.97. The van der Waals surface area contributed by atoms with Gasteiger partial charge in [0.1, 0.15) is 12.4 Å². The summed E-state index contributed by atoms with van der Waals surface area (Å²) >= 11 is 2.12. The van der Waals surface area contributed by atoms with Gasteiger partial charge in [0.2, 0.25) is 0 Å². The minimum Gasteiger partial charge on any atom is -0.492 e. The summed E-state index contributed by atoms with van der Waals surface area (Å²) in [5.74, 6) is 3.31. The molecule has 0 saturated heterocycles. The van der Waals surface area contributed by atoms with Gasteiger partial charge < -0.3 is 10.1 Å². The Balaban J connectivity index is 1.67. The molecule has 1 aliphatic carbocycles. The molecule has 1 heterocycles. The fourth-order valence-electron chi connectivity index (χ4n) is 3.38. The molecule has 1 aromatic carbocycles. The summed E-state index contributed by atoms with van der Waals surface area (Å²) in [4.78, 5) is 0. The van der Waals surface area contributed by atoms with Crippen LogP contribution in [0.25, 0.3) is 0 Å². The van der Waals surface area contributed by atoms with Crippen LogP contribution in [0.1, 0.15) is 44.2 Å². The predicted molar refractivity (Wildman–Crippen MR) is 86.6 cm³/mol. The summed E-state index contributed by atoms with van der Waals surface area (Å²) in [5, 5.41) is 4.21. The van der Waals surface area contributed by atoms with Crippen LogP contribution in [0.15, 0.2) is 24.3 Å². The van der Waals surface area contributed by atoms with Gasteiger partial charge in [-0.05, 0) is 37.1 Å². The van der Waals surface area contributed by atoms with Gasteiger partial charge in [-0.2, -0.15) is 11.8 Å². The first-order valence-corrected chi connectivity index (χ1v) is 9.00. The van der Waals surface area contributed by atoms with Crippen LogP contribution in [0.4, 0.5) is 0 Å². The summed E-state index contributed by atoms with van der Waals surface area (Å²) in [5.41, 5.74) is 1.34. The highest BCUT2D eigenvalue weighted by Gasteiger charge is 2.31. The summed E-state index contributed by atoms with van der Waals surface area (Å²) in [6, 6.07) is 8.93. The molecule has 0 spiro atoms. The van der Waals surface area contributed by atoms with E-state index in [1.54, 1.807) is 0 Å². The molecule has 3 rings (SSSR count). The Kier molecular flexibility index (Phi) is 4.90. The normalized spacial score (nSPS) is 26.2. The Morgan fingerprint density at radius 1 is 1.25 bits per heavy atom. The molecular formula is C17H25NOS. The molecule has 1 saturated carbocycles. The van der Waals surface area contributed by atoms with Gasteiger partial charge in [-0.3, -0.25) is 0 Å². The molecule has 1 aromatic rings. The SMILES string of the molecule is CCNC1c2ccccc2OCC1SCC1CCCC1. The molecule has 0 radical (unpaired) electrons. The van der Waals surface area contributed by atoms with E-state index in [0.717, 1.165) is 24.8 Å². The van der Waals surface area contributed by atoms with Crippen LogP contribution < -0.4 is 10.1 Å². The average Bonchev–Trinajstić information content (AvgIpc) is 3.00.